The average Bonchev–Trinajstić information content (AvgIpc) is 2.51. The summed E-state index contributed by atoms with van der Waals surface area (Å²) in [6.45, 7) is 0.982. The number of benzene rings is 2. The van der Waals surface area contributed by atoms with Gasteiger partial charge in [-0.25, -0.2) is 0 Å². The quantitative estimate of drug-likeness (QED) is 0.847. The number of nitrogens with one attached hydrogen (secondary N) is 1. The second-order valence-electron chi connectivity index (χ2n) is 5.60. The number of aromatic hydroxyl groups is 1. The number of phenolic OH excluding ortho intramolecular Hbond substituents is 1. The van der Waals surface area contributed by atoms with E-state index in [2.05, 4.69) is 23.5 Å². The SMILES string of the molecule is COc1cc(Cl)c2c(c1O)-c1cccc3c1C(C2)NCC3. The largest absolute Gasteiger partial charge is 0.504 e. The molecule has 1 aliphatic heterocycles. The highest BCUT2D eigenvalue weighted by atomic mass is 35.5. The molecule has 2 aliphatic rings. The van der Waals surface area contributed by atoms with Crippen molar-refractivity contribution in [1.82, 2.24) is 5.32 Å². The lowest BCUT2D eigenvalue weighted by Gasteiger charge is -2.35. The summed E-state index contributed by atoms with van der Waals surface area (Å²) in [6, 6.07) is 8.28. The lowest BCUT2D eigenvalue weighted by molar-refractivity contribution is 0.373. The summed E-state index contributed by atoms with van der Waals surface area (Å²) in [5.41, 5.74) is 5.57. The third kappa shape index (κ3) is 1.78. The molecule has 0 saturated heterocycles. The van der Waals surface area contributed by atoms with Gasteiger partial charge in [-0.2, -0.15) is 0 Å². The number of ether oxygens (including phenoxy) is 1. The zero-order chi connectivity index (χ0) is 14.6. The minimum absolute atomic E-state index is 0.189. The molecule has 108 valence electrons. The second kappa shape index (κ2) is 4.65. The van der Waals surface area contributed by atoms with Crippen molar-refractivity contribution in [1.29, 1.82) is 0 Å². The maximum Gasteiger partial charge on any atom is 0.166 e. The summed E-state index contributed by atoms with van der Waals surface area (Å²) < 4.78 is 5.25. The van der Waals surface area contributed by atoms with E-state index in [1.54, 1.807) is 13.2 Å². The van der Waals surface area contributed by atoms with Crippen LogP contribution in [0.5, 0.6) is 11.5 Å². The molecule has 4 rings (SSSR count). The molecule has 1 heterocycles. The first-order valence-electron chi connectivity index (χ1n) is 7.14. The molecular weight excluding hydrogens is 286 g/mol. The smallest absolute Gasteiger partial charge is 0.166 e. The summed E-state index contributed by atoms with van der Waals surface area (Å²) in [4.78, 5) is 0. The van der Waals surface area contributed by atoms with E-state index in [1.807, 2.05) is 0 Å². The van der Waals surface area contributed by atoms with Crippen LogP contribution in [0.3, 0.4) is 0 Å². The van der Waals surface area contributed by atoms with Gasteiger partial charge in [-0.3, -0.25) is 0 Å². The molecule has 0 spiro atoms. The summed E-state index contributed by atoms with van der Waals surface area (Å²) in [6.07, 6.45) is 1.82. The Labute approximate surface area is 128 Å². The second-order valence-corrected chi connectivity index (χ2v) is 6.01. The van der Waals surface area contributed by atoms with Crippen molar-refractivity contribution in [3.63, 3.8) is 0 Å². The van der Waals surface area contributed by atoms with Gasteiger partial charge < -0.3 is 15.2 Å². The van der Waals surface area contributed by atoms with E-state index in [0.717, 1.165) is 36.1 Å². The summed E-state index contributed by atoms with van der Waals surface area (Å²) >= 11 is 6.43. The van der Waals surface area contributed by atoms with Crippen molar-refractivity contribution in [3.8, 4) is 22.6 Å². The summed E-state index contributed by atoms with van der Waals surface area (Å²) in [5.74, 6) is 0.618. The van der Waals surface area contributed by atoms with E-state index in [9.17, 15) is 5.11 Å². The third-order valence-corrected chi connectivity index (χ3v) is 4.88. The molecular formula is C17H16ClNO2. The molecule has 2 aromatic rings. The first kappa shape index (κ1) is 13.0. The number of halogens is 1. The Kier molecular flexibility index (Phi) is 2.88. The standard InChI is InChI=1S/C17H16ClNO2/c1-21-14-8-12(18)11-7-13-15-9(5-6-19-13)3-2-4-10(15)16(11)17(14)20/h2-4,8,13,19-20H,5-7H2,1H3. The van der Waals surface area contributed by atoms with E-state index in [0.29, 0.717) is 10.8 Å². The molecule has 4 heteroatoms. The van der Waals surface area contributed by atoms with Gasteiger partial charge in [-0.15, -0.1) is 0 Å². The third-order valence-electron chi connectivity index (χ3n) is 4.55. The van der Waals surface area contributed by atoms with Gasteiger partial charge in [-0.1, -0.05) is 29.8 Å². The van der Waals surface area contributed by atoms with Crippen molar-refractivity contribution in [2.24, 2.45) is 0 Å². The van der Waals surface area contributed by atoms with Gasteiger partial charge in [0.2, 0.25) is 0 Å². The van der Waals surface area contributed by atoms with Crippen LogP contribution in [0.2, 0.25) is 5.02 Å². The minimum atomic E-state index is 0.189. The summed E-state index contributed by atoms with van der Waals surface area (Å²) in [7, 11) is 1.55. The molecule has 0 saturated carbocycles. The van der Waals surface area contributed by atoms with Gasteiger partial charge in [-0.05, 0) is 41.6 Å². The van der Waals surface area contributed by atoms with Crippen molar-refractivity contribution in [2.75, 3.05) is 13.7 Å². The molecule has 0 aromatic heterocycles. The van der Waals surface area contributed by atoms with Crippen molar-refractivity contribution in [3.05, 3.63) is 46.0 Å². The van der Waals surface area contributed by atoms with Crippen molar-refractivity contribution >= 4 is 11.6 Å². The van der Waals surface area contributed by atoms with E-state index in [1.165, 1.54) is 11.1 Å². The Hall–Kier alpha value is -1.71. The number of rotatable bonds is 1. The van der Waals surface area contributed by atoms with Gasteiger partial charge in [0, 0.05) is 22.7 Å². The van der Waals surface area contributed by atoms with Gasteiger partial charge in [0.15, 0.2) is 11.5 Å². The van der Waals surface area contributed by atoms with Gasteiger partial charge in [0.25, 0.3) is 0 Å². The maximum absolute atomic E-state index is 10.6. The fourth-order valence-electron chi connectivity index (χ4n) is 3.62. The van der Waals surface area contributed by atoms with Crippen LogP contribution in [0, 0.1) is 0 Å². The van der Waals surface area contributed by atoms with E-state index >= 15 is 0 Å². The van der Waals surface area contributed by atoms with E-state index < -0.39 is 0 Å². The highest BCUT2D eigenvalue weighted by molar-refractivity contribution is 6.32. The first-order valence-corrected chi connectivity index (χ1v) is 7.52. The van der Waals surface area contributed by atoms with Crippen LogP contribution < -0.4 is 10.1 Å². The molecule has 0 fully saturated rings. The van der Waals surface area contributed by atoms with Crippen LogP contribution in [0.1, 0.15) is 22.7 Å². The Balaban J connectivity index is 2.06. The predicted octanol–water partition coefficient (Wildman–Crippen LogP) is 3.46. The topological polar surface area (TPSA) is 41.5 Å². The number of hydrogen-bond acceptors (Lipinski definition) is 3. The lowest BCUT2D eigenvalue weighted by Crippen LogP contribution is -2.33. The molecule has 0 radical (unpaired) electrons. The van der Waals surface area contributed by atoms with Crippen molar-refractivity contribution < 1.29 is 9.84 Å². The number of hydrogen-bond donors (Lipinski definition) is 2. The van der Waals surface area contributed by atoms with Crippen LogP contribution in [0.25, 0.3) is 11.1 Å². The first-order chi connectivity index (χ1) is 10.2. The van der Waals surface area contributed by atoms with E-state index in [-0.39, 0.29) is 11.8 Å². The van der Waals surface area contributed by atoms with Crippen LogP contribution in [0.15, 0.2) is 24.3 Å². The summed E-state index contributed by atoms with van der Waals surface area (Å²) in [5, 5.41) is 14.8. The molecule has 0 amide bonds. The minimum Gasteiger partial charge on any atom is -0.504 e. The Morgan fingerprint density at radius 3 is 3.05 bits per heavy atom. The highest BCUT2D eigenvalue weighted by Crippen LogP contribution is 2.50. The van der Waals surface area contributed by atoms with Crippen LogP contribution >= 0.6 is 11.6 Å². The van der Waals surface area contributed by atoms with Gasteiger partial charge in [0.1, 0.15) is 0 Å². The van der Waals surface area contributed by atoms with Gasteiger partial charge >= 0.3 is 0 Å². The van der Waals surface area contributed by atoms with Crippen LogP contribution in [-0.4, -0.2) is 18.8 Å². The molecule has 1 atom stereocenters. The highest BCUT2D eigenvalue weighted by Gasteiger charge is 2.33. The van der Waals surface area contributed by atoms with Crippen molar-refractivity contribution in [2.45, 2.75) is 18.9 Å². The molecule has 1 unspecified atom stereocenters. The molecule has 1 aliphatic carbocycles. The van der Waals surface area contributed by atoms with E-state index in [4.69, 9.17) is 16.3 Å². The average molecular weight is 302 g/mol. The predicted molar refractivity (Wildman–Crippen MR) is 83.3 cm³/mol. The van der Waals surface area contributed by atoms with Gasteiger partial charge in [0.05, 0.1) is 7.11 Å². The molecule has 21 heavy (non-hydrogen) atoms. The monoisotopic (exact) mass is 301 g/mol. The Morgan fingerprint density at radius 2 is 2.24 bits per heavy atom. The fraction of sp³-hybridized carbons (Fsp3) is 0.294. The zero-order valence-corrected chi connectivity index (χ0v) is 12.5. The number of methoxy groups -OCH3 is 1. The number of phenols is 1. The fourth-order valence-corrected chi connectivity index (χ4v) is 3.89. The maximum atomic E-state index is 10.6. The molecule has 2 aromatic carbocycles. The Bertz CT molecular complexity index is 742. The zero-order valence-electron chi connectivity index (χ0n) is 11.7. The van der Waals surface area contributed by atoms with Crippen LogP contribution in [-0.2, 0) is 12.8 Å². The number of fused-ring (bicyclic) bond motifs is 2. The lowest BCUT2D eigenvalue weighted by atomic mass is 9.77. The Morgan fingerprint density at radius 1 is 1.38 bits per heavy atom. The van der Waals surface area contributed by atoms with Crippen LogP contribution in [0.4, 0.5) is 0 Å². The molecule has 3 nitrogen and oxygen atoms in total. The normalized spacial score (nSPS) is 18.9. The molecule has 0 bridgehead atoms. The molecule has 2 N–H and O–H groups in total.